The maximum absolute atomic E-state index is 12.8. The molecule has 0 aliphatic carbocycles. The molecule has 0 saturated carbocycles. The van der Waals surface area contributed by atoms with Crippen molar-refractivity contribution in [1.29, 1.82) is 0 Å². The molecule has 4 radical (unpaired) electrons. The Hall–Kier alpha value is -9.74. The maximum Gasteiger partial charge on any atom is 0.0234 e. The topological polar surface area (TPSA) is 404 Å². The normalized spacial score (nSPS) is 10.6. The SMILES string of the molecule is Cc1cc(C)c([O-])c(CN(Cc2cc(C)cc(C)c2[O-])Cc2cc(C)cc(C)c2[O-])c1.Cc1cc(C)c([O-])c(CN(Cc2cc(C)cc(C)c2[O-])Cc2cc(C)cc(C)c2[O-])c1.Cc1cc(C)c([O-])c(CN(Cc2cc(C)cc(C)c2[O-])Cc2cc(C)cc(C)c2[O-])c1.Cc1cc(C)c([O-])c(CN(Cc2cc(C)cc(C)c2[O-])Cc2cc(C)cc(C)c2[O-])c1.[O-2].[O-2].[O-2].[O-2].[V].[V].[V].[V]. The van der Waals surface area contributed by atoms with Crippen LogP contribution < -0.4 is 61.3 Å². The molecule has 12 aromatic carbocycles. The molecule has 0 N–H and O–H groups in total. The molecule has 0 spiro atoms. The molecule has 0 atom stereocenters. The molecule has 0 bridgehead atoms. The second-order valence-corrected chi connectivity index (χ2v) is 35.4. The molecule has 20 nitrogen and oxygen atoms in total. The number of nitrogens with zero attached hydrogens (tertiary/aromatic N) is 4. The first-order chi connectivity index (χ1) is 58.2. The van der Waals surface area contributed by atoms with Crippen LogP contribution in [0.15, 0.2) is 146 Å². The largest absolute Gasteiger partial charge is 2.00 e. The van der Waals surface area contributed by atoms with E-state index in [-0.39, 0.29) is 165 Å². The summed E-state index contributed by atoms with van der Waals surface area (Å²) in [5.74, 6) is 0.179. The van der Waals surface area contributed by atoms with Crippen molar-refractivity contribution in [2.75, 3.05) is 0 Å². The van der Waals surface area contributed by atoms with Gasteiger partial charge in [0.05, 0.1) is 0 Å². The monoisotopic (exact) mass is 1930 g/mol. The molecule has 132 heavy (non-hydrogen) atoms. The third kappa shape index (κ3) is 32.3. The maximum atomic E-state index is 12.8. The Labute approximate surface area is 830 Å². The molecular weight excluding hydrogens is 1810 g/mol. The van der Waals surface area contributed by atoms with Crippen LogP contribution in [0, 0.1) is 166 Å². The molecule has 0 amide bonds. The second-order valence-electron chi connectivity index (χ2n) is 35.4. The minimum Gasteiger partial charge on any atom is -2.00 e. The van der Waals surface area contributed by atoms with Crippen molar-refractivity contribution in [1.82, 2.24) is 19.6 Å². The number of benzene rings is 12. The molecule has 0 fully saturated rings. The molecule has 12 rings (SSSR count). The van der Waals surface area contributed by atoms with Gasteiger partial charge in [-0.3, -0.25) is 19.6 Å². The summed E-state index contributed by atoms with van der Waals surface area (Å²) in [6.07, 6.45) is 0. The number of aryl methyl sites for hydroxylation is 24. The zero-order valence-corrected chi connectivity index (χ0v) is 86.0. The van der Waals surface area contributed by atoms with Gasteiger partial charge in [-0.1, -0.05) is 279 Å². The van der Waals surface area contributed by atoms with E-state index in [1.165, 1.54) is 0 Å². The van der Waals surface area contributed by atoms with Gasteiger partial charge in [0.15, 0.2) is 0 Å². The van der Waals surface area contributed by atoms with Crippen molar-refractivity contribution in [3.63, 3.8) is 0 Å². The summed E-state index contributed by atoms with van der Waals surface area (Å²) in [4.78, 5) is 8.11. The van der Waals surface area contributed by atoms with E-state index < -0.39 is 0 Å². The summed E-state index contributed by atoms with van der Waals surface area (Å²) in [7, 11) is 0. The standard InChI is InChI=1S/4C27H33NO3.4O.4V/c4*1-16-7-19(4)25(29)22(10-16)13-28(14-23-11-17(2)8-20(5)26(23)30)15-24-12-18(3)9-21(6)27(24)31;;;;;;;;/h4*7-12,29-31H,13-15H2,1-6H3;;;;;;;;/q;;;;4*-2;;;;/p-12. The Morgan fingerprint density at radius 3 is 0.250 bits per heavy atom. The van der Waals surface area contributed by atoms with Gasteiger partial charge in [-0.05, 0) is 233 Å². The van der Waals surface area contributed by atoms with Crippen LogP contribution in [0.25, 0.3) is 0 Å². The van der Waals surface area contributed by atoms with E-state index in [0.717, 1.165) is 66.8 Å². The van der Waals surface area contributed by atoms with E-state index in [1.807, 2.05) is 331 Å². The van der Waals surface area contributed by atoms with Crippen molar-refractivity contribution in [3.05, 3.63) is 346 Å². The van der Waals surface area contributed by atoms with Crippen LogP contribution in [0.4, 0.5) is 0 Å². The van der Waals surface area contributed by atoms with Gasteiger partial charge in [0.25, 0.3) is 0 Å². The van der Waals surface area contributed by atoms with Gasteiger partial charge in [0, 0.05) is 153 Å². The van der Waals surface area contributed by atoms with E-state index in [4.69, 9.17) is 0 Å². The Balaban J connectivity index is 0.000000863. The fourth-order valence-electron chi connectivity index (χ4n) is 17.5. The minimum atomic E-state index is 0. The first-order valence-corrected chi connectivity index (χ1v) is 42.3. The molecule has 0 heterocycles. The predicted molar refractivity (Wildman–Crippen MR) is 479 cm³/mol. The van der Waals surface area contributed by atoms with Gasteiger partial charge in [-0.15, -0.1) is 69.0 Å². The zero-order chi connectivity index (χ0) is 91.5. The Kier molecular flexibility index (Phi) is 48.1. The molecule has 0 unspecified atom stereocenters. The summed E-state index contributed by atoms with van der Waals surface area (Å²) < 4.78 is 0. The summed E-state index contributed by atoms with van der Waals surface area (Å²) in [6, 6.07) is 45.5. The van der Waals surface area contributed by atoms with E-state index in [1.54, 1.807) is 0 Å². The molecule has 708 valence electrons. The van der Waals surface area contributed by atoms with Crippen molar-refractivity contribution >= 4 is 0 Å². The van der Waals surface area contributed by atoms with E-state index in [2.05, 4.69) is 0 Å². The third-order valence-electron chi connectivity index (χ3n) is 22.7. The van der Waals surface area contributed by atoms with Crippen molar-refractivity contribution in [2.24, 2.45) is 0 Å². The van der Waals surface area contributed by atoms with Crippen LogP contribution in [0.5, 0.6) is 69.0 Å². The average Bonchev–Trinajstić information content (AvgIpc) is 0.820. The van der Waals surface area contributed by atoms with Gasteiger partial charge < -0.3 is 83.2 Å². The minimum absolute atomic E-state index is 0. The summed E-state index contributed by atoms with van der Waals surface area (Å²) in [5, 5.41) is 153. The zero-order valence-electron chi connectivity index (χ0n) is 80.5. The van der Waals surface area contributed by atoms with Crippen molar-refractivity contribution in [3.8, 4) is 69.0 Å². The van der Waals surface area contributed by atoms with Gasteiger partial charge in [0.1, 0.15) is 0 Å². The molecule has 0 aliphatic heterocycles. The van der Waals surface area contributed by atoms with Crippen molar-refractivity contribution < 1.29 is 157 Å². The second kappa shape index (κ2) is 52.8. The predicted octanol–water partition coefficient (Wildman–Crippen LogP) is 15.4. The first kappa shape index (κ1) is 120. The van der Waals surface area contributed by atoms with Crippen LogP contribution in [-0.2, 0) is 175 Å². The van der Waals surface area contributed by atoms with Gasteiger partial charge in [0.2, 0.25) is 0 Å². The number of rotatable bonds is 24. The van der Waals surface area contributed by atoms with Gasteiger partial charge >= 0.3 is 0 Å². The smallest absolute Gasteiger partial charge is 0.0234 e. The molecule has 0 aliphatic rings. The Bertz CT molecular complexity index is 4660. The van der Waals surface area contributed by atoms with Gasteiger partial charge in [-0.2, -0.15) is 0 Å². The van der Waals surface area contributed by atoms with E-state index in [0.29, 0.717) is 212 Å². The van der Waals surface area contributed by atoms with E-state index >= 15 is 0 Å². The van der Waals surface area contributed by atoms with E-state index in [9.17, 15) is 61.3 Å². The van der Waals surface area contributed by atoms with Crippen molar-refractivity contribution in [2.45, 2.75) is 245 Å². The fourth-order valence-corrected chi connectivity index (χ4v) is 17.5. The molecule has 0 saturated heterocycles. The van der Waals surface area contributed by atoms with Crippen LogP contribution in [-0.4, -0.2) is 19.6 Å². The summed E-state index contributed by atoms with van der Waals surface area (Å²) in [5.41, 5.74) is 29.1. The van der Waals surface area contributed by atoms with Crippen LogP contribution in [0.3, 0.4) is 0 Å². The van der Waals surface area contributed by atoms with Gasteiger partial charge in [-0.25, -0.2) is 0 Å². The molecule has 0 aromatic heterocycles. The summed E-state index contributed by atoms with van der Waals surface area (Å²) in [6.45, 7) is 50.0. The fraction of sp³-hybridized carbons (Fsp3) is 0.333. The number of hydrogen-bond donors (Lipinski definition) is 0. The third-order valence-corrected chi connectivity index (χ3v) is 22.7. The quantitative estimate of drug-likeness (QED) is 0.0542. The Morgan fingerprint density at radius 2 is 0.189 bits per heavy atom. The molecular formula is C108H120N4O16V4-20. The summed E-state index contributed by atoms with van der Waals surface area (Å²) >= 11 is 0. The number of hydrogen-bond acceptors (Lipinski definition) is 16. The average molecular weight is 1930 g/mol. The first-order valence-electron chi connectivity index (χ1n) is 42.3. The Morgan fingerprint density at radius 1 is 0.129 bits per heavy atom. The molecule has 12 aromatic rings. The van der Waals surface area contributed by atoms with Crippen LogP contribution in [0.2, 0.25) is 0 Å². The molecule has 24 heteroatoms. The van der Waals surface area contributed by atoms with Crippen LogP contribution in [0.1, 0.15) is 200 Å². The van der Waals surface area contributed by atoms with Crippen LogP contribution >= 0.6 is 0 Å².